The maximum absolute atomic E-state index is 10.9. The minimum atomic E-state index is -0.483. The molecule has 156 valence electrons. The molecule has 10 nitrogen and oxygen atoms in total. The Labute approximate surface area is 175 Å². The van der Waals surface area contributed by atoms with E-state index in [4.69, 9.17) is 14.2 Å². The lowest BCUT2D eigenvalue weighted by Crippen LogP contribution is -2.36. The molecule has 1 heterocycles. The van der Waals surface area contributed by atoms with Crippen LogP contribution in [0.4, 0.5) is 17.1 Å². The summed E-state index contributed by atoms with van der Waals surface area (Å²) >= 11 is 3.13. The second-order valence-corrected chi connectivity index (χ2v) is 6.70. The minimum Gasteiger partial charge on any atom is -0.490 e. The van der Waals surface area contributed by atoms with Gasteiger partial charge < -0.3 is 19.1 Å². The Bertz CT molecular complexity index is 873. The van der Waals surface area contributed by atoms with E-state index in [9.17, 15) is 20.2 Å². The predicted octanol–water partition coefficient (Wildman–Crippen LogP) is 3.81. The number of nitro groups is 2. The first-order valence-electron chi connectivity index (χ1n) is 8.50. The summed E-state index contributed by atoms with van der Waals surface area (Å²) in [4.78, 5) is 22.5. The van der Waals surface area contributed by atoms with Crippen molar-refractivity contribution in [3.8, 4) is 11.5 Å². The Hall–Kier alpha value is -2.92. The zero-order valence-electron chi connectivity index (χ0n) is 15.9. The summed E-state index contributed by atoms with van der Waals surface area (Å²) in [5.41, 5.74) is 0.796. The Kier molecular flexibility index (Phi) is 8.16. The third-order valence-electron chi connectivity index (χ3n) is 4.07. The number of hydrogen-bond donors (Lipinski definition) is 0. The van der Waals surface area contributed by atoms with Crippen molar-refractivity contribution in [3.05, 3.63) is 61.1 Å². The summed E-state index contributed by atoms with van der Waals surface area (Å²) in [6.45, 7) is 2.81. The van der Waals surface area contributed by atoms with E-state index in [1.54, 1.807) is 24.3 Å². The van der Waals surface area contributed by atoms with Crippen LogP contribution < -0.4 is 14.4 Å². The Morgan fingerprint density at radius 3 is 1.97 bits per heavy atom. The van der Waals surface area contributed by atoms with Gasteiger partial charge in [0.1, 0.15) is 0 Å². The molecule has 0 aliphatic carbocycles. The van der Waals surface area contributed by atoms with Gasteiger partial charge in [-0.05, 0) is 24.3 Å². The number of benzene rings is 2. The molecule has 1 aliphatic heterocycles. The largest absolute Gasteiger partial charge is 0.490 e. The first-order chi connectivity index (χ1) is 13.9. The van der Waals surface area contributed by atoms with Crippen LogP contribution in [0.5, 0.6) is 11.5 Å². The van der Waals surface area contributed by atoms with E-state index >= 15 is 0 Å². The summed E-state index contributed by atoms with van der Waals surface area (Å²) < 4.78 is 15.7. The predicted molar refractivity (Wildman–Crippen MR) is 110 cm³/mol. The van der Waals surface area contributed by atoms with Gasteiger partial charge in [-0.15, -0.1) is 0 Å². The Balaban J connectivity index is 0.000000221. The molecule has 0 saturated carbocycles. The van der Waals surface area contributed by atoms with Crippen LogP contribution in [-0.4, -0.2) is 50.4 Å². The number of hydrogen-bond acceptors (Lipinski definition) is 8. The van der Waals surface area contributed by atoms with Crippen molar-refractivity contribution in [2.24, 2.45) is 0 Å². The molecule has 29 heavy (non-hydrogen) atoms. The van der Waals surface area contributed by atoms with Gasteiger partial charge in [-0.1, -0.05) is 15.9 Å². The highest BCUT2D eigenvalue weighted by Gasteiger charge is 2.19. The summed E-state index contributed by atoms with van der Waals surface area (Å²) in [6, 6.07) is 9.64. The third kappa shape index (κ3) is 6.03. The van der Waals surface area contributed by atoms with Crippen molar-refractivity contribution < 1.29 is 24.1 Å². The highest BCUT2D eigenvalue weighted by atomic mass is 79.9. The Morgan fingerprint density at radius 1 is 0.931 bits per heavy atom. The lowest BCUT2D eigenvalue weighted by molar-refractivity contribution is -0.385. The molecule has 1 fully saturated rings. The van der Waals surface area contributed by atoms with Gasteiger partial charge >= 0.3 is 11.4 Å². The zero-order valence-corrected chi connectivity index (χ0v) is 17.5. The second-order valence-electron chi connectivity index (χ2n) is 5.79. The molecular formula is C18H20BrN3O7. The average Bonchev–Trinajstić information content (AvgIpc) is 2.74. The smallest absolute Gasteiger partial charge is 0.312 e. The van der Waals surface area contributed by atoms with E-state index in [0.29, 0.717) is 17.7 Å². The summed E-state index contributed by atoms with van der Waals surface area (Å²) in [6.07, 6.45) is 0. The van der Waals surface area contributed by atoms with Gasteiger partial charge in [0, 0.05) is 35.4 Å². The van der Waals surface area contributed by atoms with Crippen molar-refractivity contribution in [1.29, 1.82) is 0 Å². The molecule has 0 spiro atoms. The molecule has 0 amide bonds. The van der Waals surface area contributed by atoms with Crippen LogP contribution in [0.2, 0.25) is 0 Å². The molecule has 0 bridgehead atoms. The number of methoxy groups -OCH3 is 2. The van der Waals surface area contributed by atoms with Crippen molar-refractivity contribution >= 4 is 33.0 Å². The molecule has 1 aliphatic rings. The quantitative estimate of drug-likeness (QED) is 0.479. The minimum absolute atomic E-state index is 0.00325. The molecule has 3 rings (SSSR count). The fourth-order valence-corrected chi connectivity index (χ4v) is 2.99. The summed E-state index contributed by atoms with van der Waals surface area (Å²) in [5.74, 6) is 0.551. The first-order valence-corrected chi connectivity index (χ1v) is 9.29. The standard InChI is InChI=1S/C11H14N2O4.C7H6BrNO3/c1-16-11-3-2-9(8-10(11)13(14)15)12-4-6-17-7-5-12;1-12-7-3-2-5(8)4-6(7)9(10)11/h2-3,8H,4-7H2,1H3;2-4H,1H3. The van der Waals surface area contributed by atoms with E-state index in [2.05, 4.69) is 20.8 Å². The topological polar surface area (TPSA) is 117 Å². The van der Waals surface area contributed by atoms with Gasteiger partial charge in [0.2, 0.25) is 0 Å². The normalized spacial score (nSPS) is 13.1. The van der Waals surface area contributed by atoms with Gasteiger partial charge in [0.15, 0.2) is 11.5 Å². The number of rotatable bonds is 5. The molecular weight excluding hydrogens is 450 g/mol. The molecule has 0 N–H and O–H groups in total. The lowest BCUT2D eigenvalue weighted by atomic mass is 10.2. The van der Waals surface area contributed by atoms with E-state index in [-0.39, 0.29) is 22.9 Å². The summed E-state index contributed by atoms with van der Waals surface area (Å²) in [7, 11) is 2.83. The fourth-order valence-electron chi connectivity index (χ4n) is 2.65. The SMILES string of the molecule is COc1ccc(Br)cc1[N+](=O)[O-].COc1ccc(N2CCOCC2)cc1[N+](=O)[O-]. The van der Waals surface area contributed by atoms with E-state index in [0.717, 1.165) is 18.8 Å². The number of morpholine rings is 1. The van der Waals surface area contributed by atoms with Gasteiger partial charge in [-0.25, -0.2) is 0 Å². The Morgan fingerprint density at radius 2 is 1.45 bits per heavy atom. The van der Waals surface area contributed by atoms with E-state index in [1.165, 1.54) is 20.3 Å². The van der Waals surface area contributed by atoms with Crippen LogP contribution in [0.1, 0.15) is 0 Å². The van der Waals surface area contributed by atoms with E-state index in [1.807, 2.05) is 6.07 Å². The molecule has 0 radical (unpaired) electrons. The average molecular weight is 470 g/mol. The van der Waals surface area contributed by atoms with Gasteiger partial charge in [0.05, 0.1) is 37.3 Å². The van der Waals surface area contributed by atoms with Crippen LogP contribution in [0.3, 0.4) is 0 Å². The van der Waals surface area contributed by atoms with E-state index < -0.39 is 9.85 Å². The second kappa shape index (κ2) is 10.6. The number of ether oxygens (including phenoxy) is 3. The number of nitrogens with zero attached hydrogens (tertiary/aromatic N) is 3. The molecule has 11 heteroatoms. The fraction of sp³-hybridized carbons (Fsp3) is 0.333. The summed E-state index contributed by atoms with van der Waals surface area (Å²) in [5, 5.41) is 21.3. The van der Waals surface area contributed by atoms with Gasteiger partial charge in [-0.2, -0.15) is 0 Å². The molecule has 0 unspecified atom stereocenters. The van der Waals surface area contributed by atoms with Crippen molar-refractivity contribution in [2.75, 3.05) is 45.4 Å². The highest BCUT2D eigenvalue weighted by Crippen LogP contribution is 2.31. The van der Waals surface area contributed by atoms with Crippen molar-refractivity contribution in [3.63, 3.8) is 0 Å². The van der Waals surface area contributed by atoms with Crippen LogP contribution in [0.25, 0.3) is 0 Å². The van der Waals surface area contributed by atoms with Crippen LogP contribution >= 0.6 is 15.9 Å². The first kappa shape index (κ1) is 22.4. The number of halogens is 1. The third-order valence-corrected chi connectivity index (χ3v) is 4.57. The highest BCUT2D eigenvalue weighted by molar-refractivity contribution is 9.10. The molecule has 2 aromatic rings. The monoisotopic (exact) mass is 469 g/mol. The van der Waals surface area contributed by atoms with Crippen molar-refractivity contribution in [1.82, 2.24) is 0 Å². The van der Waals surface area contributed by atoms with Crippen LogP contribution in [0.15, 0.2) is 40.9 Å². The maximum atomic E-state index is 10.9. The van der Waals surface area contributed by atoms with Crippen LogP contribution in [0, 0.1) is 20.2 Å². The maximum Gasteiger partial charge on any atom is 0.312 e. The van der Waals surface area contributed by atoms with Crippen LogP contribution in [-0.2, 0) is 4.74 Å². The molecule has 2 aromatic carbocycles. The molecule has 0 atom stereocenters. The zero-order chi connectivity index (χ0) is 21.4. The van der Waals surface area contributed by atoms with Crippen molar-refractivity contribution in [2.45, 2.75) is 0 Å². The lowest BCUT2D eigenvalue weighted by Gasteiger charge is -2.28. The van der Waals surface area contributed by atoms with Gasteiger partial charge in [0.25, 0.3) is 0 Å². The molecule has 0 aromatic heterocycles. The number of anilines is 1. The molecule has 1 saturated heterocycles. The van der Waals surface area contributed by atoms with Gasteiger partial charge in [-0.3, -0.25) is 20.2 Å². The number of nitro benzene ring substituents is 2.